The van der Waals surface area contributed by atoms with Crippen molar-refractivity contribution in [2.45, 2.75) is 4.90 Å². The fraction of sp³-hybridized carbons (Fsp3) is 0.250. The highest BCUT2D eigenvalue weighted by Crippen LogP contribution is 2.38. The molecule has 0 spiro atoms. The first-order valence-electron chi connectivity index (χ1n) is 6.44. The first-order valence-corrected chi connectivity index (χ1v) is 7.42. The van der Waals surface area contributed by atoms with Crippen molar-refractivity contribution in [3.63, 3.8) is 0 Å². The van der Waals surface area contributed by atoms with Gasteiger partial charge in [0.25, 0.3) is 0 Å². The molecule has 0 heterocycles. The van der Waals surface area contributed by atoms with Crippen molar-refractivity contribution in [3.05, 3.63) is 42.5 Å². The van der Waals surface area contributed by atoms with Crippen molar-refractivity contribution in [1.82, 2.24) is 0 Å². The summed E-state index contributed by atoms with van der Waals surface area (Å²) in [6.45, 7) is 0.585. The van der Waals surface area contributed by atoms with Crippen molar-refractivity contribution in [3.8, 4) is 22.6 Å². The number of thiol groups is 1. The van der Waals surface area contributed by atoms with E-state index in [1.54, 1.807) is 14.2 Å². The van der Waals surface area contributed by atoms with E-state index in [2.05, 4.69) is 12.6 Å². The highest BCUT2D eigenvalue weighted by atomic mass is 35.5. The van der Waals surface area contributed by atoms with Crippen LogP contribution in [0.4, 0.5) is 0 Å². The fourth-order valence-corrected chi connectivity index (χ4v) is 1.91. The summed E-state index contributed by atoms with van der Waals surface area (Å²) < 4.78 is 10.7. The quantitative estimate of drug-likeness (QED) is 0.663. The molecule has 2 aromatic carbocycles. The van der Waals surface area contributed by atoms with Crippen molar-refractivity contribution < 1.29 is 9.47 Å². The molecule has 114 valence electrons. The van der Waals surface area contributed by atoms with Gasteiger partial charge in [0, 0.05) is 17.3 Å². The van der Waals surface area contributed by atoms with Crippen LogP contribution in [0.25, 0.3) is 11.1 Å². The molecule has 2 rings (SSSR count). The van der Waals surface area contributed by atoms with Crippen LogP contribution in [0.15, 0.2) is 47.4 Å². The molecular formula is C16H20ClNO2S. The van der Waals surface area contributed by atoms with E-state index in [1.807, 2.05) is 42.5 Å². The molecule has 0 aliphatic carbocycles. The minimum Gasteiger partial charge on any atom is -0.496 e. The SMILES string of the molecule is COc1cccc(OC)c1-c1ccc(S)cc1.NCCCl. The summed E-state index contributed by atoms with van der Waals surface area (Å²) in [5.41, 5.74) is 6.91. The van der Waals surface area contributed by atoms with Crippen molar-refractivity contribution >= 4 is 24.2 Å². The van der Waals surface area contributed by atoms with Gasteiger partial charge in [0.05, 0.1) is 19.8 Å². The zero-order chi connectivity index (χ0) is 15.7. The Balaban J connectivity index is 0.000000491. The Morgan fingerprint density at radius 2 is 1.48 bits per heavy atom. The van der Waals surface area contributed by atoms with Gasteiger partial charge in [0.15, 0.2) is 0 Å². The molecule has 0 amide bonds. The monoisotopic (exact) mass is 325 g/mol. The molecule has 0 fully saturated rings. The molecule has 5 heteroatoms. The van der Waals surface area contributed by atoms with Crippen LogP contribution in [0.1, 0.15) is 0 Å². The summed E-state index contributed by atoms with van der Waals surface area (Å²) in [4.78, 5) is 0.933. The van der Waals surface area contributed by atoms with E-state index in [4.69, 9.17) is 26.8 Å². The molecule has 21 heavy (non-hydrogen) atoms. The summed E-state index contributed by atoms with van der Waals surface area (Å²) in [6, 6.07) is 13.7. The van der Waals surface area contributed by atoms with E-state index in [9.17, 15) is 0 Å². The summed E-state index contributed by atoms with van der Waals surface area (Å²) in [7, 11) is 3.32. The lowest BCUT2D eigenvalue weighted by molar-refractivity contribution is 0.397. The van der Waals surface area contributed by atoms with E-state index < -0.39 is 0 Å². The molecule has 0 unspecified atom stereocenters. The lowest BCUT2D eigenvalue weighted by Gasteiger charge is -2.13. The van der Waals surface area contributed by atoms with Gasteiger partial charge in [-0.05, 0) is 29.8 Å². The van der Waals surface area contributed by atoms with E-state index in [0.29, 0.717) is 12.4 Å². The molecule has 0 atom stereocenters. The second kappa shape index (κ2) is 9.55. The fourth-order valence-electron chi connectivity index (χ4n) is 1.76. The van der Waals surface area contributed by atoms with Gasteiger partial charge in [-0.15, -0.1) is 24.2 Å². The average Bonchev–Trinajstić information content (AvgIpc) is 2.55. The molecule has 0 aliphatic rings. The molecule has 0 bridgehead atoms. The van der Waals surface area contributed by atoms with Crippen molar-refractivity contribution in [2.24, 2.45) is 5.73 Å². The number of alkyl halides is 1. The van der Waals surface area contributed by atoms with Crippen LogP contribution in [0.2, 0.25) is 0 Å². The van der Waals surface area contributed by atoms with Crippen LogP contribution in [-0.4, -0.2) is 26.6 Å². The van der Waals surface area contributed by atoms with Crippen LogP contribution >= 0.6 is 24.2 Å². The molecule has 0 aliphatic heterocycles. The molecule has 2 aromatic rings. The number of methoxy groups -OCH3 is 2. The Kier molecular flexibility index (Phi) is 8.05. The van der Waals surface area contributed by atoms with Crippen LogP contribution in [-0.2, 0) is 0 Å². The van der Waals surface area contributed by atoms with E-state index in [-0.39, 0.29) is 0 Å². The molecule has 0 aromatic heterocycles. The number of ether oxygens (including phenoxy) is 2. The normalized spacial score (nSPS) is 9.57. The Bertz CT molecular complexity index is 522. The van der Waals surface area contributed by atoms with Crippen LogP contribution in [0.5, 0.6) is 11.5 Å². The van der Waals surface area contributed by atoms with Gasteiger partial charge in [-0.2, -0.15) is 0 Å². The number of hydrogen-bond donors (Lipinski definition) is 2. The standard InChI is InChI=1S/C14H14O2S.C2H6ClN/c1-15-12-4-3-5-13(16-2)14(12)10-6-8-11(17)9-7-10;3-1-2-4/h3-9,17H,1-2H3;1-2,4H2. The Labute approximate surface area is 136 Å². The molecule has 2 N–H and O–H groups in total. The van der Waals surface area contributed by atoms with Crippen molar-refractivity contribution in [1.29, 1.82) is 0 Å². The van der Waals surface area contributed by atoms with Crippen molar-refractivity contribution in [2.75, 3.05) is 26.6 Å². The summed E-state index contributed by atoms with van der Waals surface area (Å²) in [6.07, 6.45) is 0. The van der Waals surface area contributed by atoms with E-state index >= 15 is 0 Å². The average molecular weight is 326 g/mol. The second-order valence-electron chi connectivity index (χ2n) is 4.06. The molecule has 0 radical (unpaired) electrons. The van der Waals surface area contributed by atoms with Gasteiger partial charge < -0.3 is 15.2 Å². The first-order chi connectivity index (χ1) is 10.2. The predicted octanol–water partition coefficient (Wildman–Crippen LogP) is 3.84. The van der Waals surface area contributed by atoms with Gasteiger partial charge in [-0.3, -0.25) is 0 Å². The zero-order valence-electron chi connectivity index (χ0n) is 12.2. The maximum Gasteiger partial charge on any atom is 0.130 e. The Hall–Kier alpha value is -1.36. The molecule has 0 saturated carbocycles. The number of halogens is 1. The molecular weight excluding hydrogens is 306 g/mol. The second-order valence-corrected chi connectivity index (χ2v) is 4.96. The third-order valence-corrected chi connectivity index (χ3v) is 3.21. The zero-order valence-corrected chi connectivity index (χ0v) is 13.8. The van der Waals surface area contributed by atoms with E-state index in [0.717, 1.165) is 27.5 Å². The van der Waals surface area contributed by atoms with Crippen LogP contribution < -0.4 is 15.2 Å². The third kappa shape index (κ3) is 5.16. The Morgan fingerprint density at radius 1 is 1.00 bits per heavy atom. The minimum absolute atomic E-state index is 0.569. The van der Waals surface area contributed by atoms with Crippen LogP contribution in [0, 0.1) is 0 Å². The summed E-state index contributed by atoms with van der Waals surface area (Å²) >= 11 is 9.34. The largest absolute Gasteiger partial charge is 0.496 e. The maximum atomic E-state index is 5.37. The number of benzene rings is 2. The van der Waals surface area contributed by atoms with Gasteiger partial charge in [-0.1, -0.05) is 18.2 Å². The number of hydrogen-bond acceptors (Lipinski definition) is 4. The summed E-state index contributed by atoms with van der Waals surface area (Å²) in [5, 5.41) is 0. The lowest BCUT2D eigenvalue weighted by Crippen LogP contribution is -1.97. The lowest BCUT2D eigenvalue weighted by atomic mass is 10.0. The van der Waals surface area contributed by atoms with E-state index in [1.165, 1.54) is 0 Å². The van der Waals surface area contributed by atoms with Gasteiger partial charge in [-0.25, -0.2) is 0 Å². The number of rotatable bonds is 4. The highest BCUT2D eigenvalue weighted by molar-refractivity contribution is 7.80. The van der Waals surface area contributed by atoms with Gasteiger partial charge in [0.1, 0.15) is 11.5 Å². The minimum atomic E-state index is 0.569. The highest BCUT2D eigenvalue weighted by Gasteiger charge is 2.11. The third-order valence-electron chi connectivity index (χ3n) is 2.69. The van der Waals surface area contributed by atoms with Gasteiger partial charge in [0.2, 0.25) is 0 Å². The molecule has 0 saturated heterocycles. The van der Waals surface area contributed by atoms with Gasteiger partial charge >= 0.3 is 0 Å². The topological polar surface area (TPSA) is 44.5 Å². The Morgan fingerprint density at radius 3 is 1.86 bits per heavy atom. The maximum absolute atomic E-state index is 5.37. The first kappa shape index (κ1) is 17.7. The molecule has 3 nitrogen and oxygen atoms in total. The predicted molar refractivity (Wildman–Crippen MR) is 92.0 cm³/mol. The van der Waals surface area contributed by atoms with Crippen LogP contribution in [0.3, 0.4) is 0 Å². The summed E-state index contributed by atoms with van der Waals surface area (Å²) in [5.74, 6) is 2.17. The number of nitrogens with two attached hydrogens (primary N) is 1. The smallest absolute Gasteiger partial charge is 0.130 e.